The second-order valence-electron chi connectivity index (χ2n) is 6.51. The fourth-order valence-electron chi connectivity index (χ4n) is 3.15. The van der Waals surface area contributed by atoms with Crippen molar-refractivity contribution in [1.29, 1.82) is 5.26 Å². The van der Waals surface area contributed by atoms with Gasteiger partial charge in [-0.15, -0.1) is 0 Å². The van der Waals surface area contributed by atoms with Crippen LogP contribution >= 0.6 is 0 Å². The molecule has 6 heteroatoms. The number of nitriles is 1. The lowest BCUT2D eigenvalue weighted by molar-refractivity contribution is 0.424. The third-order valence-electron chi connectivity index (χ3n) is 4.59. The van der Waals surface area contributed by atoms with Crippen molar-refractivity contribution in [2.45, 2.75) is 37.1 Å². The van der Waals surface area contributed by atoms with E-state index in [1.165, 1.54) is 0 Å². The van der Waals surface area contributed by atoms with E-state index >= 15 is 0 Å². The summed E-state index contributed by atoms with van der Waals surface area (Å²) in [5, 5.41) is 12.2. The molecular formula is C20H23N3O2S. The predicted molar refractivity (Wildman–Crippen MR) is 102 cm³/mol. The molecule has 1 aliphatic heterocycles. The first-order valence-electron chi connectivity index (χ1n) is 8.93. The van der Waals surface area contributed by atoms with Crippen molar-refractivity contribution >= 4 is 15.7 Å². The highest BCUT2D eigenvalue weighted by atomic mass is 32.2. The Balaban J connectivity index is 1.74. The maximum atomic E-state index is 12.9. The molecule has 1 N–H and O–H groups in total. The van der Waals surface area contributed by atoms with E-state index < -0.39 is 10.0 Å². The minimum absolute atomic E-state index is 0.329. The van der Waals surface area contributed by atoms with E-state index in [9.17, 15) is 8.42 Å². The second-order valence-corrected chi connectivity index (χ2v) is 8.45. The molecule has 0 aromatic heterocycles. The van der Waals surface area contributed by atoms with Crippen LogP contribution in [0.2, 0.25) is 0 Å². The number of nitrogens with one attached hydrogen (secondary N) is 1. The summed E-state index contributed by atoms with van der Waals surface area (Å²) in [5.74, 6) is 0. The van der Waals surface area contributed by atoms with Crippen molar-refractivity contribution in [3.05, 3.63) is 59.7 Å². The van der Waals surface area contributed by atoms with Gasteiger partial charge in [-0.05, 0) is 48.7 Å². The van der Waals surface area contributed by atoms with Gasteiger partial charge in [0.1, 0.15) is 0 Å². The molecule has 5 nitrogen and oxygen atoms in total. The molecule has 0 saturated carbocycles. The molecule has 2 aromatic carbocycles. The molecule has 3 rings (SSSR count). The van der Waals surface area contributed by atoms with Crippen LogP contribution < -0.4 is 5.32 Å². The fraction of sp³-hybridized carbons (Fsp3) is 0.350. The maximum absolute atomic E-state index is 12.9. The topological polar surface area (TPSA) is 73.2 Å². The largest absolute Gasteiger partial charge is 0.381 e. The van der Waals surface area contributed by atoms with Gasteiger partial charge < -0.3 is 5.32 Å². The van der Waals surface area contributed by atoms with Crippen LogP contribution in [0.1, 0.15) is 36.8 Å². The quantitative estimate of drug-likeness (QED) is 0.871. The van der Waals surface area contributed by atoms with Gasteiger partial charge in [0.15, 0.2) is 0 Å². The summed E-state index contributed by atoms with van der Waals surface area (Å²) in [7, 11) is -3.45. The van der Waals surface area contributed by atoms with Crippen molar-refractivity contribution in [1.82, 2.24) is 4.31 Å². The van der Waals surface area contributed by atoms with Gasteiger partial charge >= 0.3 is 0 Å². The summed E-state index contributed by atoms with van der Waals surface area (Å²) < 4.78 is 27.4. The van der Waals surface area contributed by atoms with E-state index in [2.05, 4.69) is 11.4 Å². The van der Waals surface area contributed by atoms with Crippen LogP contribution in [0.3, 0.4) is 0 Å². The summed E-state index contributed by atoms with van der Waals surface area (Å²) in [5.41, 5.74) is 2.34. The molecule has 2 aromatic rings. The lowest BCUT2D eigenvalue weighted by Crippen LogP contribution is -2.31. The third kappa shape index (κ3) is 4.43. The van der Waals surface area contributed by atoms with Crippen molar-refractivity contribution in [2.24, 2.45) is 0 Å². The Morgan fingerprint density at radius 3 is 2.46 bits per heavy atom. The second kappa shape index (κ2) is 8.35. The minimum atomic E-state index is -3.45. The summed E-state index contributed by atoms with van der Waals surface area (Å²) >= 11 is 0. The molecule has 1 saturated heterocycles. The Morgan fingerprint density at radius 2 is 1.73 bits per heavy atom. The van der Waals surface area contributed by atoms with E-state index in [1.807, 2.05) is 24.3 Å². The predicted octanol–water partition coefficient (Wildman–Crippen LogP) is 3.74. The van der Waals surface area contributed by atoms with E-state index in [4.69, 9.17) is 5.26 Å². The third-order valence-corrected chi connectivity index (χ3v) is 6.48. The van der Waals surface area contributed by atoms with Crippen molar-refractivity contribution in [2.75, 3.05) is 18.4 Å². The fourth-order valence-corrected chi connectivity index (χ4v) is 4.72. The number of benzene rings is 2. The molecule has 136 valence electrons. The Labute approximate surface area is 155 Å². The first-order chi connectivity index (χ1) is 12.6. The standard InChI is InChI=1S/C20H23N3O2S/c21-15-17-7-5-8-18(13-17)16-22-19-9-6-10-20(14-19)26(24,25)23-11-3-1-2-4-12-23/h5-10,13-14,22H,1-4,11-12,16H2. The Kier molecular flexibility index (Phi) is 5.92. The van der Waals surface area contributed by atoms with E-state index in [1.54, 1.807) is 28.6 Å². The van der Waals surface area contributed by atoms with E-state index in [0.717, 1.165) is 36.9 Å². The lowest BCUT2D eigenvalue weighted by Gasteiger charge is -2.20. The molecule has 0 radical (unpaired) electrons. The summed E-state index contributed by atoms with van der Waals surface area (Å²) in [6.45, 7) is 1.73. The zero-order chi connectivity index (χ0) is 18.4. The summed E-state index contributed by atoms with van der Waals surface area (Å²) in [4.78, 5) is 0.329. The molecule has 0 amide bonds. The normalized spacial score (nSPS) is 15.8. The van der Waals surface area contributed by atoms with Crippen molar-refractivity contribution < 1.29 is 8.42 Å². The monoisotopic (exact) mass is 369 g/mol. The van der Waals surface area contributed by atoms with Gasteiger partial charge in [-0.3, -0.25) is 0 Å². The summed E-state index contributed by atoms with van der Waals surface area (Å²) in [6, 6.07) is 16.5. The van der Waals surface area contributed by atoms with E-state index in [0.29, 0.717) is 30.1 Å². The van der Waals surface area contributed by atoms with Crippen LogP contribution in [0.4, 0.5) is 5.69 Å². The highest BCUT2D eigenvalue weighted by Crippen LogP contribution is 2.23. The average molecular weight is 369 g/mol. The zero-order valence-electron chi connectivity index (χ0n) is 14.7. The highest BCUT2D eigenvalue weighted by molar-refractivity contribution is 7.89. The van der Waals surface area contributed by atoms with Gasteiger partial charge in [0.05, 0.1) is 16.5 Å². The smallest absolute Gasteiger partial charge is 0.243 e. The molecule has 1 fully saturated rings. The number of rotatable bonds is 5. The molecule has 0 atom stereocenters. The van der Waals surface area contributed by atoms with Crippen LogP contribution in [0, 0.1) is 11.3 Å². The van der Waals surface area contributed by atoms with Gasteiger partial charge in [-0.2, -0.15) is 9.57 Å². The van der Waals surface area contributed by atoms with Gasteiger partial charge in [-0.1, -0.05) is 31.0 Å². The number of hydrogen-bond donors (Lipinski definition) is 1. The van der Waals surface area contributed by atoms with Crippen LogP contribution in [-0.4, -0.2) is 25.8 Å². The molecule has 0 spiro atoms. The van der Waals surface area contributed by atoms with Crippen LogP contribution in [-0.2, 0) is 16.6 Å². The Morgan fingerprint density at radius 1 is 1.00 bits per heavy atom. The number of nitrogens with zero attached hydrogens (tertiary/aromatic N) is 2. The first kappa shape index (κ1) is 18.4. The molecule has 1 heterocycles. The number of hydrogen-bond acceptors (Lipinski definition) is 4. The Hall–Kier alpha value is -2.36. The van der Waals surface area contributed by atoms with Crippen molar-refractivity contribution in [3.63, 3.8) is 0 Å². The lowest BCUT2D eigenvalue weighted by atomic mass is 10.1. The van der Waals surface area contributed by atoms with Crippen LogP contribution in [0.5, 0.6) is 0 Å². The number of sulfonamides is 1. The molecule has 0 aliphatic carbocycles. The first-order valence-corrected chi connectivity index (χ1v) is 10.4. The SMILES string of the molecule is N#Cc1cccc(CNc2cccc(S(=O)(=O)N3CCCCCC3)c2)c1. The average Bonchev–Trinajstić information content (AvgIpc) is 2.97. The molecule has 0 bridgehead atoms. The zero-order valence-corrected chi connectivity index (χ0v) is 15.5. The van der Waals surface area contributed by atoms with Crippen molar-refractivity contribution in [3.8, 4) is 6.07 Å². The highest BCUT2D eigenvalue weighted by Gasteiger charge is 2.25. The molecule has 0 unspecified atom stereocenters. The maximum Gasteiger partial charge on any atom is 0.243 e. The van der Waals surface area contributed by atoms with Gasteiger partial charge in [-0.25, -0.2) is 8.42 Å². The number of anilines is 1. The minimum Gasteiger partial charge on any atom is -0.381 e. The molecule has 26 heavy (non-hydrogen) atoms. The van der Waals surface area contributed by atoms with Gasteiger partial charge in [0.2, 0.25) is 10.0 Å². The molecular weight excluding hydrogens is 346 g/mol. The van der Waals surface area contributed by atoms with Gasteiger partial charge in [0, 0.05) is 25.3 Å². The van der Waals surface area contributed by atoms with Crippen LogP contribution in [0.25, 0.3) is 0 Å². The van der Waals surface area contributed by atoms with Gasteiger partial charge in [0.25, 0.3) is 0 Å². The summed E-state index contributed by atoms with van der Waals surface area (Å²) in [6.07, 6.45) is 4.03. The van der Waals surface area contributed by atoms with Crippen LogP contribution in [0.15, 0.2) is 53.4 Å². The van der Waals surface area contributed by atoms with E-state index in [-0.39, 0.29) is 0 Å². The molecule has 1 aliphatic rings. The Bertz CT molecular complexity index is 895.